The van der Waals surface area contributed by atoms with Crippen molar-refractivity contribution in [1.29, 1.82) is 0 Å². The minimum Gasteiger partial charge on any atom is -0.479 e. The summed E-state index contributed by atoms with van der Waals surface area (Å²) in [6, 6.07) is 5.27. The molecule has 1 atom stereocenters. The minimum atomic E-state index is -4.54. The lowest BCUT2D eigenvalue weighted by Gasteiger charge is -2.25. The quantitative estimate of drug-likeness (QED) is 0.877. The van der Waals surface area contributed by atoms with Crippen molar-refractivity contribution in [2.24, 2.45) is 0 Å². The van der Waals surface area contributed by atoms with E-state index in [0.717, 1.165) is 0 Å². The van der Waals surface area contributed by atoms with Gasteiger partial charge in [-0.1, -0.05) is 30.3 Å². The minimum absolute atomic E-state index is 0.188. The first kappa shape index (κ1) is 16.8. The molecule has 0 saturated carbocycles. The average Bonchev–Trinajstić information content (AvgIpc) is 2.41. The maximum atomic E-state index is 12.3. The summed E-state index contributed by atoms with van der Waals surface area (Å²) in [5, 5.41) is 11.2. The van der Waals surface area contributed by atoms with Crippen molar-refractivity contribution in [2.75, 3.05) is 13.1 Å². The summed E-state index contributed by atoms with van der Waals surface area (Å²) in [6.07, 6.45) is -4.54. The summed E-state index contributed by atoms with van der Waals surface area (Å²) >= 11 is 0. The molecule has 0 aliphatic heterocycles. The molecule has 0 aromatic heterocycles. The summed E-state index contributed by atoms with van der Waals surface area (Å²) in [7, 11) is 0. The van der Waals surface area contributed by atoms with Gasteiger partial charge in [-0.3, -0.25) is 0 Å². The van der Waals surface area contributed by atoms with Gasteiger partial charge in [0.25, 0.3) is 0 Å². The predicted molar refractivity (Wildman–Crippen MR) is 68.7 cm³/mol. The first-order valence-electron chi connectivity index (χ1n) is 6.14. The van der Waals surface area contributed by atoms with E-state index in [4.69, 9.17) is 5.11 Å². The number of hydrogen-bond donors (Lipinski definition) is 2. The monoisotopic (exact) mass is 304 g/mol. The van der Waals surface area contributed by atoms with Gasteiger partial charge in [0.1, 0.15) is 6.54 Å². The Kier molecular flexibility index (Phi) is 5.57. The van der Waals surface area contributed by atoms with Gasteiger partial charge in [-0.15, -0.1) is 0 Å². The molecule has 1 aromatic rings. The highest BCUT2D eigenvalue weighted by atomic mass is 19.4. The Morgan fingerprint density at radius 1 is 1.29 bits per heavy atom. The van der Waals surface area contributed by atoms with Gasteiger partial charge in [-0.25, -0.2) is 9.59 Å². The molecule has 5 nitrogen and oxygen atoms in total. The molecule has 2 N–H and O–H groups in total. The molecule has 0 saturated heterocycles. The van der Waals surface area contributed by atoms with Gasteiger partial charge >= 0.3 is 18.2 Å². The lowest BCUT2D eigenvalue weighted by atomic mass is 10.1. The Morgan fingerprint density at radius 3 is 2.29 bits per heavy atom. The number of alkyl halides is 3. The van der Waals surface area contributed by atoms with Gasteiger partial charge in [0.05, 0.1) is 0 Å². The Bertz CT molecular complexity index is 491. The molecule has 0 aliphatic carbocycles. The Balaban J connectivity index is 2.84. The summed E-state index contributed by atoms with van der Waals surface area (Å²) in [4.78, 5) is 23.5. The van der Waals surface area contributed by atoms with Crippen LogP contribution in [0.4, 0.5) is 18.0 Å². The highest BCUT2D eigenvalue weighted by Gasteiger charge is 2.33. The Hall–Kier alpha value is -2.25. The maximum Gasteiger partial charge on any atom is 0.406 e. The van der Waals surface area contributed by atoms with E-state index in [2.05, 4.69) is 5.32 Å². The van der Waals surface area contributed by atoms with Crippen LogP contribution in [0, 0.1) is 0 Å². The number of benzene rings is 1. The molecule has 0 fully saturated rings. The van der Waals surface area contributed by atoms with Crippen LogP contribution < -0.4 is 5.32 Å². The van der Waals surface area contributed by atoms with E-state index >= 15 is 0 Å². The number of carbonyl (C=O) groups is 2. The number of halogens is 3. The lowest BCUT2D eigenvalue weighted by molar-refractivity contribution is -0.140. The zero-order chi connectivity index (χ0) is 16.0. The van der Waals surface area contributed by atoms with Crippen molar-refractivity contribution in [3.63, 3.8) is 0 Å². The fourth-order valence-corrected chi connectivity index (χ4v) is 1.69. The second kappa shape index (κ2) is 6.96. The topological polar surface area (TPSA) is 69.6 Å². The third-order valence-electron chi connectivity index (χ3n) is 2.69. The van der Waals surface area contributed by atoms with E-state index in [-0.39, 0.29) is 12.1 Å². The lowest BCUT2D eigenvalue weighted by Crippen LogP contribution is -2.47. The molecule has 8 heteroatoms. The van der Waals surface area contributed by atoms with E-state index in [9.17, 15) is 22.8 Å². The molecule has 21 heavy (non-hydrogen) atoms. The van der Waals surface area contributed by atoms with Crippen molar-refractivity contribution in [3.8, 4) is 0 Å². The van der Waals surface area contributed by atoms with Crippen LogP contribution in [0.1, 0.15) is 18.5 Å². The number of rotatable bonds is 5. The molecule has 0 spiro atoms. The van der Waals surface area contributed by atoms with Gasteiger partial charge in [-0.2, -0.15) is 13.2 Å². The van der Waals surface area contributed by atoms with E-state index in [1.54, 1.807) is 18.2 Å². The van der Waals surface area contributed by atoms with E-state index < -0.39 is 30.8 Å². The van der Waals surface area contributed by atoms with Crippen LogP contribution in [0.3, 0.4) is 0 Å². The number of nitrogens with zero attached hydrogens (tertiary/aromatic N) is 1. The van der Waals surface area contributed by atoms with Crippen molar-refractivity contribution >= 4 is 12.0 Å². The second-order valence-corrected chi connectivity index (χ2v) is 4.26. The van der Waals surface area contributed by atoms with Crippen LogP contribution in [-0.4, -0.2) is 41.3 Å². The normalized spacial score (nSPS) is 12.6. The molecule has 0 aliphatic rings. The summed E-state index contributed by atoms with van der Waals surface area (Å²) in [6.45, 7) is -0.244. The van der Waals surface area contributed by atoms with Gasteiger partial charge < -0.3 is 15.3 Å². The molecule has 0 bridgehead atoms. The number of amides is 2. The zero-order valence-electron chi connectivity index (χ0n) is 11.2. The number of nitrogens with one attached hydrogen (secondary N) is 1. The van der Waals surface area contributed by atoms with E-state index in [0.29, 0.717) is 4.90 Å². The fourth-order valence-electron chi connectivity index (χ4n) is 1.69. The fraction of sp³-hybridized carbons (Fsp3) is 0.385. The van der Waals surface area contributed by atoms with Gasteiger partial charge in [0.15, 0.2) is 6.04 Å². The summed E-state index contributed by atoms with van der Waals surface area (Å²) in [5.74, 6) is -1.35. The first-order valence-corrected chi connectivity index (χ1v) is 6.14. The molecule has 0 heterocycles. The molecule has 0 radical (unpaired) electrons. The maximum absolute atomic E-state index is 12.3. The van der Waals surface area contributed by atoms with Crippen molar-refractivity contribution in [3.05, 3.63) is 35.9 Å². The van der Waals surface area contributed by atoms with E-state index in [1.165, 1.54) is 19.1 Å². The van der Waals surface area contributed by atoms with Crippen LogP contribution in [0.25, 0.3) is 0 Å². The number of aliphatic carboxylic acids is 1. The van der Waals surface area contributed by atoms with Crippen LogP contribution in [0.5, 0.6) is 0 Å². The molecule has 0 unspecified atom stereocenters. The molecule has 2 amide bonds. The van der Waals surface area contributed by atoms with Crippen LogP contribution in [0.2, 0.25) is 0 Å². The standard InChI is InChI=1S/C13H15F3N2O3/c1-2-18(8-13(14,15)16)12(21)17-10(11(19)20)9-6-4-3-5-7-9/h3-7,10H,2,8H2,1H3,(H,17,21)(H,19,20)/t10-/m0/s1. The molecular formula is C13H15F3N2O3. The van der Waals surface area contributed by atoms with Gasteiger partial charge in [0, 0.05) is 6.54 Å². The third-order valence-corrected chi connectivity index (χ3v) is 2.69. The molecule has 1 aromatic carbocycles. The second-order valence-electron chi connectivity index (χ2n) is 4.26. The Morgan fingerprint density at radius 2 is 1.86 bits per heavy atom. The highest BCUT2D eigenvalue weighted by Crippen LogP contribution is 2.18. The largest absolute Gasteiger partial charge is 0.479 e. The smallest absolute Gasteiger partial charge is 0.406 e. The van der Waals surface area contributed by atoms with Gasteiger partial charge in [-0.05, 0) is 12.5 Å². The van der Waals surface area contributed by atoms with Crippen LogP contribution >= 0.6 is 0 Å². The van der Waals surface area contributed by atoms with Gasteiger partial charge in [0.2, 0.25) is 0 Å². The van der Waals surface area contributed by atoms with Crippen molar-refractivity contribution in [2.45, 2.75) is 19.1 Å². The molecular weight excluding hydrogens is 289 g/mol. The molecule has 116 valence electrons. The number of carboxylic acids is 1. The van der Waals surface area contributed by atoms with Crippen molar-refractivity contribution < 1.29 is 27.9 Å². The number of carbonyl (C=O) groups excluding carboxylic acids is 1. The summed E-state index contributed by atoms with van der Waals surface area (Å²) in [5.41, 5.74) is 0.279. The number of urea groups is 1. The number of hydrogen-bond acceptors (Lipinski definition) is 2. The predicted octanol–water partition coefficient (Wildman–Crippen LogP) is 2.41. The van der Waals surface area contributed by atoms with Crippen molar-refractivity contribution in [1.82, 2.24) is 10.2 Å². The third kappa shape index (κ3) is 5.33. The van der Waals surface area contributed by atoms with Crippen LogP contribution in [-0.2, 0) is 4.79 Å². The number of carboxylic acid groups (broad SMARTS) is 1. The van der Waals surface area contributed by atoms with Crippen LogP contribution in [0.15, 0.2) is 30.3 Å². The highest BCUT2D eigenvalue weighted by molar-refractivity contribution is 5.83. The van der Waals surface area contributed by atoms with E-state index in [1.807, 2.05) is 0 Å². The SMILES string of the molecule is CCN(CC(F)(F)F)C(=O)N[C@H](C(=O)O)c1ccccc1. The first-order chi connectivity index (χ1) is 9.74. The zero-order valence-corrected chi connectivity index (χ0v) is 11.2. The Labute approximate surface area is 119 Å². The summed E-state index contributed by atoms with van der Waals surface area (Å²) < 4.78 is 37.0. The average molecular weight is 304 g/mol. The molecule has 1 rings (SSSR count).